The number of aromatic nitrogens is 4. The van der Waals surface area contributed by atoms with Crippen LogP contribution in [0.2, 0.25) is 0 Å². The summed E-state index contributed by atoms with van der Waals surface area (Å²) in [7, 11) is 1.74. The van der Waals surface area contributed by atoms with Crippen molar-refractivity contribution in [2.24, 2.45) is 7.05 Å². The van der Waals surface area contributed by atoms with Gasteiger partial charge in [0.05, 0.1) is 13.7 Å². The van der Waals surface area contributed by atoms with Crippen LogP contribution in [-0.2, 0) is 11.8 Å². The summed E-state index contributed by atoms with van der Waals surface area (Å²) in [5.41, 5.74) is 6.82. The average Bonchev–Trinajstić information content (AvgIpc) is 2.98. The molecule has 0 unspecified atom stereocenters. The van der Waals surface area contributed by atoms with Gasteiger partial charge >= 0.3 is 0 Å². The number of anilines is 1. The number of nitrogen functional groups attached to an aromatic ring is 1. The molecule has 20 heavy (non-hydrogen) atoms. The molecule has 0 bridgehead atoms. The van der Waals surface area contributed by atoms with Gasteiger partial charge in [0.25, 0.3) is 5.82 Å². The number of imidazole rings is 1. The molecule has 1 aliphatic rings. The maximum absolute atomic E-state index is 10.0. The molecule has 108 valence electrons. The van der Waals surface area contributed by atoms with Gasteiger partial charge in [-0.1, -0.05) is 4.98 Å². The minimum atomic E-state index is -1.18. The standard InChI is InChI=1S/C11H15N5O4/c1-15-3-14-10-6(9(15)12)13-4-16(10)11-8(19)7(18)5(2-17)20-11/h3-5,7-8,11-12,17-19H,2H2,1H3/p+1/t5-,7+,8+,11-/m0/s1. The lowest BCUT2D eigenvalue weighted by Gasteiger charge is -2.15. The van der Waals surface area contributed by atoms with Crippen molar-refractivity contribution in [3.63, 3.8) is 0 Å². The van der Waals surface area contributed by atoms with Crippen molar-refractivity contribution in [3.05, 3.63) is 12.7 Å². The van der Waals surface area contributed by atoms with E-state index in [1.807, 2.05) is 0 Å². The molecule has 3 rings (SSSR count). The molecule has 3 heterocycles. The minimum Gasteiger partial charge on any atom is -0.394 e. The molecule has 2 aromatic rings. The van der Waals surface area contributed by atoms with Gasteiger partial charge in [0.2, 0.25) is 12.0 Å². The number of nitrogens with two attached hydrogens (primary N) is 1. The van der Waals surface area contributed by atoms with Crippen LogP contribution in [0.4, 0.5) is 5.82 Å². The van der Waals surface area contributed by atoms with E-state index in [1.54, 1.807) is 11.6 Å². The first kappa shape index (κ1) is 13.2. The van der Waals surface area contributed by atoms with Crippen molar-refractivity contribution < 1.29 is 24.6 Å². The number of aliphatic hydroxyl groups excluding tert-OH is 3. The lowest BCUT2D eigenvalue weighted by atomic mass is 10.1. The number of aryl methyl sites for hydroxylation is 1. The fourth-order valence-electron chi connectivity index (χ4n) is 2.33. The first-order valence-electron chi connectivity index (χ1n) is 6.13. The van der Waals surface area contributed by atoms with E-state index in [0.29, 0.717) is 17.0 Å². The second-order valence-electron chi connectivity index (χ2n) is 4.79. The Morgan fingerprint density at radius 3 is 2.80 bits per heavy atom. The summed E-state index contributed by atoms with van der Waals surface area (Å²) < 4.78 is 8.56. The van der Waals surface area contributed by atoms with Gasteiger partial charge in [-0.25, -0.2) is 9.55 Å². The third-order valence-electron chi connectivity index (χ3n) is 3.53. The molecular weight excluding hydrogens is 266 g/mol. The molecule has 0 spiro atoms. The van der Waals surface area contributed by atoms with Crippen LogP contribution in [-0.4, -0.2) is 54.8 Å². The summed E-state index contributed by atoms with van der Waals surface area (Å²) in [6, 6.07) is 0. The van der Waals surface area contributed by atoms with Crippen LogP contribution in [0.1, 0.15) is 6.23 Å². The summed E-state index contributed by atoms with van der Waals surface area (Å²) >= 11 is 0. The number of nitrogens with zero attached hydrogens (tertiary/aromatic N) is 4. The van der Waals surface area contributed by atoms with Crippen molar-refractivity contribution in [2.45, 2.75) is 24.5 Å². The highest BCUT2D eigenvalue weighted by Crippen LogP contribution is 2.31. The maximum atomic E-state index is 10.0. The van der Waals surface area contributed by atoms with E-state index in [1.165, 1.54) is 17.2 Å². The fraction of sp³-hybridized carbons (Fsp3) is 0.545. The van der Waals surface area contributed by atoms with Crippen molar-refractivity contribution in [1.82, 2.24) is 14.5 Å². The number of aliphatic hydroxyl groups is 3. The Morgan fingerprint density at radius 1 is 1.40 bits per heavy atom. The quantitative estimate of drug-likeness (QED) is 0.446. The molecule has 0 amide bonds. The molecule has 1 aliphatic heterocycles. The zero-order valence-corrected chi connectivity index (χ0v) is 10.8. The average molecular weight is 282 g/mol. The SMILES string of the molecule is C[n+]1cnc2c(ncn2[C@H]2O[C@@H](CO)[C@@H](O)[C@H]2O)c1N. The monoisotopic (exact) mass is 282 g/mol. The van der Waals surface area contributed by atoms with Crippen molar-refractivity contribution >= 4 is 17.0 Å². The maximum Gasteiger partial charge on any atom is 0.250 e. The van der Waals surface area contributed by atoms with E-state index in [2.05, 4.69) is 9.97 Å². The molecule has 0 aliphatic carbocycles. The highest BCUT2D eigenvalue weighted by Gasteiger charge is 2.44. The highest BCUT2D eigenvalue weighted by molar-refractivity contribution is 5.79. The van der Waals surface area contributed by atoms with Gasteiger partial charge in [0.15, 0.2) is 11.7 Å². The number of hydrogen-bond acceptors (Lipinski definition) is 7. The topological polar surface area (TPSA) is 131 Å². The first-order valence-corrected chi connectivity index (χ1v) is 6.13. The van der Waals surface area contributed by atoms with Crippen molar-refractivity contribution in [2.75, 3.05) is 12.3 Å². The van der Waals surface area contributed by atoms with Gasteiger partial charge < -0.3 is 25.8 Å². The molecule has 1 saturated heterocycles. The largest absolute Gasteiger partial charge is 0.394 e. The number of fused-ring (bicyclic) bond motifs is 1. The van der Waals surface area contributed by atoms with Crippen molar-refractivity contribution in [1.29, 1.82) is 0 Å². The van der Waals surface area contributed by atoms with Crippen LogP contribution >= 0.6 is 0 Å². The summed E-state index contributed by atoms with van der Waals surface area (Å²) in [5, 5.41) is 28.9. The predicted octanol–water partition coefficient (Wildman–Crippen LogP) is -2.55. The van der Waals surface area contributed by atoms with E-state index in [9.17, 15) is 10.2 Å². The Balaban J connectivity index is 2.05. The van der Waals surface area contributed by atoms with Crippen LogP contribution in [0.5, 0.6) is 0 Å². The van der Waals surface area contributed by atoms with Gasteiger partial charge in [0.1, 0.15) is 24.6 Å². The number of ether oxygens (including phenoxy) is 1. The number of rotatable bonds is 2. The highest BCUT2D eigenvalue weighted by atomic mass is 16.6. The van der Waals surface area contributed by atoms with Crippen LogP contribution in [0, 0.1) is 0 Å². The molecule has 5 N–H and O–H groups in total. The first-order chi connectivity index (χ1) is 9.54. The van der Waals surface area contributed by atoms with E-state index in [-0.39, 0.29) is 6.61 Å². The smallest absolute Gasteiger partial charge is 0.250 e. The van der Waals surface area contributed by atoms with E-state index >= 15 is 0 Å². The molecule has 0 saturated carbocycles. The Morgan fingerprint density at radius 2 is 2.15 bits per heavy atom. The van der Waals surface area contributed by atoms with Gasteiger partial charge in [0, 0.05) is 0 Å². The number of hydrogen-bond donors (Lipinski definition) is 4. The van der Waals surface area contributed by atoms with Crippen LogP contribution in [0.3, 0.4) is 0 Å². The second-order valence-corrected chi connectivity index (χ2v) is 4.79. The molecule has 0 radical (unpaired) electrons. The van der Waals surface area contributed by atoms with E-state index in [0.717, 1.165) is 0 Å². The summed E-state index contributed by atoms with van der Waals surface area (Å²) in [4.78, 5) is 8.36. The summed E-state index contributed by atoms with van der Waals surface area (Å²) in [5.74, 6) is 0.431. The van der Waals surface area contributed by atoms with Crippen molar-refractivity contribution in [3.8, 4) is 0 Å². The molecule has 9 heteroatoms. The van der Waals surface area contributed by atoms with E-state index in [4.69, 9.17) is 15.6 Å². The van der Waals surface area contributed by atoms with Gasteiger partial charge in [-0.05, 0) is 0 Å². The Bertz CT molecular complexity index is 645. The Labute approximate surface area is 113 Å². The summed E-state index contributed by atoms with van der Waals surface area (Å²) in [6.45, 7) is -0.383. The van der Waals surface area contributed by atoms with Gasteiger partial charge in [-0.15, -0.1) is 0 Å². The molecule has 1 fully saturated rings. The third kappa shape index (κ3) is 1.75. The molecule has 2 aromatic heterocycles. The van der Waals surface area contributed by atoms with E-state index < -0.39 is 24.5 Å². The molecule has 9 nitrogen and oxygen atoms in total. The summed E-state index contributed by atoms with van der Waals surface area (Å²) in [6.07, 6.45) is -1.09. The third-order valence-corrected chi connectivity index (χ3v) is 3.53. The molecule has 4 atom stereocenters. The Hall–Kier alpha value is -1.81. The van der Waals surface area contributed by atoms with Gasteiger partial charge in [-0.2, -0.15) is 0 Å². The van der Waals surface area contributed by atoms with Gasteiger partial charge in [-0.3, -0.25) is 4.57 Å². The zero-order chi connectivity index (χ0) is 14.4. The minimum absolute atomic E-state index is 0.383. The second kappa shape index (κ2) is 4.63. The van der Waals surface area contributed by atoms with Crippen LogP contribution < -0.4 is 10.3 Å². The fourth-order valence-corrected chi connectivity index (χ4v) is 2.33. The zero-order valence-electron chi connectivity index (χ0n) is 10.8. The normalized spacial score (nSPS) is 30.2. The van der Waals surface area contributed by atoms with Crippen LogP contribution in [0.15, 0.2) is 12.7 Å². The van der Waals surface area contributed by atoms with Crippen LogP contribution in [0.25, 0.3) is 11.2 Å². The predicted molar refractivity (Wildman–Crippen MR) is 66.1 cm³/mol. The lowest BCUT2D eigenvalue weighted by Crippen LogP contribution is -2.34. The molecule has 0 aromatic carbocycles. The lowest BCUT2D eigenvalue weighted by molar-refractivity contribution is -0.658. The molecular formula is C11H16N5O4+. The Kier molecular flexibility index (Phi) is 3.05.